The molecule has 0 aromatic carbocycles. The Hall–Kier alpha value is -0.650. The zero-order valence-corrected chi connectivity index (χ0v) is 9.83. The number of hydrogen-bond acceptors (Lipinski definition) is 4. The molecule has 0 bridgehead atoms. The van der Waals surface area contributed by atoms with E-state index in [0.717, 1.165) is 12.8 Å². The molecule has 2 N–H and O–H groups in total. The highest BCUT2D eigenvalue weighted by Crippen LogP contribution is 2.21. The van der Waals surface area contributed by atoms with Crippen molar-refractivity contribution in [2.24, 2.45) is 0 Å². The highest BCUT2D eigenvalue weighted by molar-refractivity contribution is 5.75. The second-order valence-corrected chi connectivity index (χ2v) is 4.15. The van der Waals surface area contributed by atoms with Gasteiger partial charge in [-0.05, 0) is 12.8 Å². The third kappa shape index (κ3) is 4.08. The van der Waals surface area contributed by atoms with E-state index in [4.69, 9.17) is 14.6 Å². The molecule has 0 aromatic heterocycles. The summed E-state index contributed by atoms with van der Waals surface area (Å²) in [7, 11) is 1.65. The number of amides is 1. The van der Waals surface area contributed by atoms with Gasteiger partial charge in [0.1, 0.15) is 5.60 Å². The summed E-state index contributed by atoms with van der Waals surface area (Å²) in [5.41, 5.74) is -0.341. The molecule has 0 radical (unpaired) electrons. The lowest BCUT2D eigenvalue weighted by atomic mass is 10.0. The molecule has 0 aromatic rings. The molecule has 1 aliphatic rings. The number of unbranched alkanes of at least 4 members (excludes halogenated alkanes) is 1. The molecule has 1 heterocycles. The number of carbonyl (C=O) groups excluding carboxylic acids is 1. The normalized spacial score (nSPS) is 24.6. The molecular formula is C11H21NO4. The maximum Gasteiger partial charge on any atom is 0.220 e. The van der Waals surface area contributed by atoms with E-state index in [2.05, 4.69) is 5.32 Å². The van der Waals surface area contributed by atoms with Crippen molar-refractivity contribution >= 4 is 5.91 Å². The van der Waals surface area contributed by atoms with Crippen LogP contribution >= 0.6 is 0 Å². The number of carbonyl (C=O) groups is 1. The SMILES string of the molecule is COC1(CNC(=O)CCCCO)CCOC1. The zero-order valence-electron chi connectivity index (χ0n) is 9.83. The van der Waals surface area contributed by atoms with Crippen LogP contribution in [0.1, 0.15) is 25.7 Å². The topological polar surface area (TPSA) is 67.8 Å². The number of aliphatic hydroxyl groups is 1. The van der Waals surface area contributed by atoms with Gasteiger partial charge in [-0.1, -0.05) is 0 Å². The third-order valence-corrected chi connectivity index (χ3v) is 2.92. The van der Waals surface area contributed by atoms with Crippen LogP contribution < -0.4 is 5.32 Å². The monoisotopic (exact) mass is 231 g/mol. The largest absolute Gasteiger partial charge is 0.396 e. The first-order valence-corrected chi connectivity index (χ1v) is 5.73. The van der Waals surface area contributed by atoms with Crippen LogP contribution in [0.2, 0.25) is 0 Å². The fourth-order valence-electron chi connectivity index (χ4n) is 1.71. The maximum absolute atomic E-state index is 11.4. The summed E-state index contributed by atoms with van der Waals surface area (Å²) in [5.74, 6) is 0.0109. The predicted molar refractivity (Wildman–Crippen MR) is 59.1 cm³/mol. The van der Waals surface area contributed by atoms with Crippen LogP contribution in [0.5, 0.6) is 0 Å². The molecule has 1 aliphatic heterocycles. The molecular weight excluding hydrogens is 210 g/mol. The Morgan fingerprint density at radius 1 is 1.56 bits per heavy atom. The predicted octanol–water partition coefficient (Wildman–Crippen LogP) is 0.0707. The number of ether oxygens (including phenoxy) is 2. The molecule has 1 fully saturated rings. The Balaban J connectivity index is 2.19. The summed E-state index contributed by atoms with van der Waals surface area (Å²) in [6.07, 6.45) is 2.67. The zero-order chi connectivity index (χ0) is 11.9. The standard InChI is InChI=1S/C11H21NO4/c1-15-11(5-7-16-9-11)8-12-10(14)4-2-3-6-13/h13H,2-9H2,1H3,(H,12,14). The molecule has 0 spiro atoms. The minimum absolute atomic E-state index is 0.0109. The van der Waals surface area contributed by atoms with E-state index in [1.807, 2.05) is 0 Å². The van der Waals surface area contributed by atoms with Crippen molar-refractivity contribution in [3.05, 3.63) is 0 Å². The molecule has 1 unspecified atom stereocenters. The van der Waals surface area contributed by atoms with Gasteiger partial charge in [0.25, 0.3) is 0 Å². The summed E-state index contributed by atoms with van der Waals surface area (Å²) < 4.78 is 10.7. The van der Waals surface area contributed by atoms with Gasteiger partial charge in [0, 0.05) is 39.7 Å². The summed E-state index contributed by atoms with van der Waals surface area (Å²) in [6.45, 7) is 1.87. The summed E-state index contributed by atoms with van der Waals surface area (Å²) in [6, 6.07) is 0. The van der Waals surface area contributed by atoms with E-state index in [-0.39, 0.29) is 18.1 Å². The van der Waals surface area contributed by atoms with Crippen LogP contribution in [0, 0.1) is 0 Å². The van der Waals surface area contributed by atoms with Crippen LogP contribution in [0.4, 0.5) is 0 Å². The average molecular weight is 231 g/mol. The number of rotatable bonds is 7. The molecule has 16 heavy (non-hydrogen) atoms. The molecule has 94 valence electrons. The molecule has 5 nitrogen and oxygen atoms in total. The molecule has 1 saturated heterocycles. The van der Waals surface area contributed by atoms with Gasteiger partial charge >= 0.3 is 0 Å². The van der Waals surface area contributed by atoms with Crippen LogP contribution in [0.3, 0.4) is 0 Å². The second kappa shape index (κ2) is 6.83. The number of aliphatic hydroxyl groups excluding tert-OH is 1. The van der Waals surface area contributed by atoms with Gasteiger partial charge in [-0.15, -0.1) is 0 Å². The van der Waals surface area contributed by atoms with Crippen molar-refractivity contribution < 1.29 is 19.4 Å². The number of nitrogens with one attached hydrogen (secondary N) is 1. The van der Waals surface area contributed by atoms with Gasteiger partial charge < -0.3 is 19.9 Å². The Kier molecular flexibility index (Phi) is 5.73. The first-order valence-electron chi connectivity index (χ1n) is 5.73. The van der Waals surface area contributed by atoms with Gasteiger partial charge in [-0.25, -0.2) is 0 Å². The number of methoxy groups -OCH3 is 1. The Morgan fingerprint density at radius 3 is 2.94 bits per heavy atom. The molecule has 0 aliphatic carbocycles. The molecule has 1 atom stereocenters. The molecule has 1 rings (SSSR count). The summed E-state index contributed by atoms with van der Waals surface area (Å²) in [4.78, 5) is 11.4. The summed E-state index contributed by atoms with van der Waals surface area (Å²) in [5, 5.41) is 11.4. The first kappa shape index (κ1) is 13.4. The minimum Gasteiger partial charge on any atom is -0.396 e. The lowest BCUT2D eigenvalue weighted by molar-refractivity contribution is -0.122. The van der Waals surface area contributed by atoms with Crippen molar-refractivity contribution in [1.29, 1.82) is 0 Å². The first-order chi connectivity index (χ1) is 7.72. The smallest absolute Gasteiger partial charge is 0.220 e. The van der Waals surface area contributed by atoms with Gasteiger partial charge in [-0.3, -0.25) is 4.79 Å². The highest BCUT2D eigenvalue weighted by Gasteiger charge is 2.35. The maximum atomic E-state index is 11.4. The van der Waals surface area contributed by atoms with Crippen LogP contribution in [-0.4, -0.2) is 50.1 Å². The van der Waals surface area contributed by atoms with Crippen molar-refractivity contribution in [1.82, 2.24) is 5.32 Å². The van der Waals surface area contributed by atoms with E-state index in [9.17, 15) is 4.79 Å². The van der Waals surface area contributed by atoms with Gasteiger partial charge in [0.2, 0.25) is 5.91 Å². The van der Waals surface area contributed by atoms with Crippen molar-refractivity contribution in [2.75, 3.05) is 33.5 Å². The van der Waals surface area contributed by atoms with Crippen molar-refractivity contribution in [3.8, 4) is 0 Å². The van der Waals surface area contributed by atoms with Gasteiger partial charge in [-0.2, -0.15) is 0 Å². The number of hydrogen-bond donors (Lipinski definition) is 2. The lowest BCUT2D eigenvalue weighted by Crippen LogP contribution is -2.44. The fourth-order valence-corrected chi connectivity index (χ4v) is 1.71. The van der Waals surface area contributed by atoms with Gasteiger partial charge in [0.05, 0.1) is 6.61 Å². The lowest BCUT2D eigenvalue weighted by Gasteiger charge is -2.25. The van der Waals surface area contributed by atoms with E-state index in [0.29, 0.717) is 32.6 Å². The summed E-state index contributed by atoms with van der Waals surface area (Å²) >= 11 is 0. The van der Waals surface area contributed by atoms with E-state index in [1.165, 1.54) is 0 Å². The Morgan fingerprint density at radius 2 is 2.38 bits per heavy atom. The molecule has 1 amide bonds. The van der Waals surface area contributed by atoms with Gasteiger partial charge in [0.15, 0.2) is 0 Å². The van der Waals surface area contributed by atoms with Crippen molar-refractivity contribution in [3.63, 3.8) is 0 Å². The van der Waals surface area contributed by atoms with E-state index < -0.39 is 0 Å². The highest BCUT2D eigenvalue weighted by atomic mass is 16.5. The van der Waals surface area contributed by atoms with Crippen LogP contribution in [-0.2, 0) is 14.3 Å². The van der Waals surface area contributed by atoms with Crippen molar-refractivity contribution in [2.45, 2.75) is 31.3 Å². The van der Waals surface area contributed by atoms with E-state index in [1.54, 1.807) is 7.11 Å². The fraction of sp³-hybridized carbons (Fsp3) is 0.909. The quantitative estimate of drug-likeness (QED) is 0.608. The Labute approximate surface area is 96.1 Å². The molecule has 0 saturated carbocycles. The second-order valence-electron chi connectivity index (χ2n) is 4.15. The van der Waals surface area contributed by atoms with Crippen LogP contribution in [0.15, 0.2) is 0 Å². The van der Waals surface area contributed by atoms with E-state index >= 15 is 0 Å². The average Bonchev–Trinajstić information content (AvgIpc) is 2.76. The Bertz CT molecular complexity index is 214. The van der Waals surface area contributed by atoms with Crippen LogP contribution in [0.25, 0.3) is 0 Å². The molecule has 5 heteroatoms. The minimum atomic E-state index is -0.341. The third-order valence-electron chi connectivity index (χ3n) is 2.92.